The van der Waals surface area contributed by atoms with Crippen LogP contribution in [-0.2, 0) is 4.79 Å². The molecule has 0 bridgehead atoms. The summed E-state index contributed by atoms with van der Waals surface area (Å²) in [6, 6.07) is 0.448. The highest BCUT2D eigenvalue weighted by molar-refractivity contribution is 5.85. The molecule has 2 saturated heterocycles. The molecule has 5 heteroatoms. The van der Waals surface area contributed by atoms with Gasteiger partial charge in [-0.15, -0.1) is 12.4 Å². The molecule has 2 fully saturated rings. The maximum absolute atomic E-state index is 12.0. The van der Waals surface area contributed by atoms with Crippen LogP contribution in [0.25, 0.3) is 0 Å². The number of nitrogens with one attached hydrogen (secondary N) is 1. The summed E-state index contributed by atoms with van der Waals surface area (Å²) in [6.45, 7) is 12.7. The molecule has 0 aromatic rings. The molecule has 1 N–H and O–H groups in total. The molecule has 0 saturated carbocycles. The number of amides is 1. The predicted octanol–water partition coefficient (Wildman–Crippen LogP) is 1.74. The first-order chi connectivity index (χ1) is 8.96. The summed E-state index contributed by atoms with van der Waals surface area (Å²) in [5.74, 6) is 0.286. The smallest absolute Gasteiger partial charge is 0.236 e. The number of halogens is 1. The second kappa shape index (κ2) is 7.62. The van der Waals surface area contributed by atoms with Crippen LogP contribution in [0, 0.1) is 5.41 Å². The van der Waals surface area contributed by atoms with E-state index in [0.717, 1.165) is 19.6 Å². The molecule has 2 aliphatic heterocycles. The molecule has 1 unspecified atom stereocenters. The van der Waals surface area contributed by atoms with E-state index in [0.29, 0.717) is 18.0 Å². The van der Waals surface area contributed by atoms with Crippen LogP contribution >= 0.6 is 12.4 Å². The quantitative estimate of drug-likeness (QED) is 0.863. The molecule has 20 heavy (non-hydrogen) atoms. The van der Waals surface area contributed by atoms with Gasteiger partial charge < -0.3 is 15.1 Å². The highest BCUT2D eigenvalue weighted by Crippen LogP contribution is 2.22. The van der Waals surface area contributed by atoms with Crippen molar-refractivity contribution < 1.29 is 4.79 Å². The standard InChI is InChI=1S/C15H29N3O.ClH/c1-15(2,3)6-9-17-8-4-5-13(12-17)18-10-7-16-11-14(18)19;/h13,16H,4-12H2,1-3H3;1H. The summed E-state index contributed by atoms with van der Waals surface area (Å²) in [4.78, 5) is 16.6. The molecule has 0 spiro atoms. The lowest BCUT2D eigenvalue weighted by atomic mass is 9.91. The van der Waals surface area contributed by atoms with Crippen LogP contribution in [0.5, 0.6) is 0 Å². The van der Waals surface area contributed by atoms with Gasteiger partial charge in [0.25, 0.3) is 0 Å². The monoisotopic (exact) mass is 303 g/mol. The summed E-state index contributed by atoms with van der Waals surface area (Å²) in [5.41, 5.74) is 0.401. The summed E-state index contributed by atoms with van der Waals surface area (Å²) < 4.78 is 0. The van der Waals surface area contributed by atoms with Gasteiger partial charge in [-0.2, -0.15) is 0 Å². The van der Waals surface area contributed by atoms with Crippen molar-refractivity contribution in [2.24, 2.45) is 5.41 Å². The van der Waals surface area contributed by atoms with Crippen LogP contribution in [0.3, 0.4) is 0 Å². The lowest BCUT2D eigenvalue weighted by Gasteiger charge is -2.41. The van der Waals surface area contributed by atoms with Gasteiger partial charge in [-0.1, -0.05) is 20.8 Å². The van der Waals surface area contributed by atoms with E-state index in [1.54, 1.807) is 0 Å². The Balaban J connectivity index is 0.00000200. The molecule has 1 amide bonds. The van der Waals surface area contributed by atoms with Crippen LogP contribution in [0.1, 0.15) is 40.0 Å². The Hall–Kier alpha value is -0.320. The third kappa shape index (κ3) is 5.23. The van der Waals surface area contributed by atoms with Crippen molar-refractivity contribution in [3.05, 3.63) is 0 Å². The van der Waals surface area contributed by atoms with Crippen molar-refractivity contribution in [3.63, 3.8) is 0 Å². The highest BCUT2D eigenvalue weighted by Gasteiger charge is 2.30. The lowest BCUT2D eigenvalue weighted by Crippen LogP contribution is -2.57. The third-order valence-corrected chi connectivity index (χ3v) is 4.23. The first-order valence-corrected chi connectivity index (χ1v) is 7.68. The van der Waals surface area contributed by atoms with E-state index in [2.05, 4.69) is 35.9 Å². The van der Waals surface area contributed by atoms with Gasteiger partial charge in [0.05, 0.1) is 6.54 Å². The third-order valence-electron chi connectivity index (χ3n) is 4.23. The summed E-state index contributed by atoms with van der Waals surface area (Å²) in [6.07, 6.45) is 3.64. The number of carbonyl (C=O) groups is 1. The molecular weight excluding hydrogens is 274 g/mol. The van der Waals surface area contributed by atoms with E-state index in [9.17, 15) is 4.79 Å². The highest BCUT2D eigenvalue weighted by atomic mass is 35.5. The fourth-order valence-corrected chi connectivity index (χ4v) is 2.99. The second-order valence-corrected chi connectivity index (χ2v) is 7.17. The Morgan fingerprint density at radius 3 is 2.70 bits per heavy atom. The zero-order chi connectivity index (χ0) is 13.9. The molecule has 0 radical (unpaired) electrons. The average Bonchev–Trinajstić information content (AvgIpc) is 2.36. The molecule has 118 valence electrons. The number of hydrogen-bond donors (Lipinski definition) is 1. The van der Waals surface area contributed by atoms with Crippen molar-refractivity contribution in [1.82, 2.24) is 15.1 Å². The van der Waals surface area contributed by atoms with Crippen LogP contribution in [0.15, 0.2) is 0 Å². The second-order valence-electron chi connectivity index (χ2n) is 7.17. The van der Waals surface area contributed by atoms with Gasteiger partial charge in [0.2, 0.25) is 5.91 Å². The van der Waals surface area contributed by atoms with Crippen LogP contribution in [-0.4, -0.2) is 61.0 Å². The molecule has 4 nitrogen and oxygen atoms in total. The van der Waals surface area contributed by atoms with Gasteiger partial charge in [0.1, 0.15) is 0 Å². The SMILES string of the molecule is CC(C)(C)CCN1CCCC(N2CCNCC2=O)C1.Cl. The van der Waals surface area contributed by atoms with Crippen LogP contribution in [0.2, 0.25) is 0 Å². The fourth-order valence-electron chi connectivity index (χ4n) is 2.99. The first-order valence-electron chi connectivity index (χ1n) is 7.68. The van der Waals surface area contributed by atoms with Crippen molar-refractivity contribution in [1.29, 1.82) is 0 Å². The number of carbonyl (C=O) groups excluding carboxylic acids is 1. The molecule has 0 aliphatic carbocycles. The Bertz CT molecular complexity index is 317. The van der Waals surface area contributed by atoms with E-state index in [-0.39, 0.29) is 18.3 Å². The van der Waals surface area contributed by atoms with E-state index in [4.69, 9.17) is 0 Å². The minimum atomic E-state index is 0. The minimum absolute atomic E-state index is 0. The van der Waals surface area contributed by atoms with Gasteiger partial charge in [0.15, 0.2) is 0 Å². The first kappa shape index (κ1) is 17.7. The lowest BCUT2D eigenvalue weighted by molar-refractivity contribution is -0.135. The van der Waals surface area contributed by atoms with Gasteiger partial charge >= 0.3 is 0 Å². The molecule has 2 heterocycles. The fraction of sp³-hybridized carbons (Fsp3) is 0.933. The Labute approximate surface area is 129 Å². The summed E-state index contributed by atoms with van der Waals surface area (Å²) in [7, 11) is 0. The number of rotatable bonds is 3. The molecule has 0 aromatic heterocycles. The van der Waals surface area contributed by atoms with E-state index in [1.165, 1.54) is 32.4 Å². The van der Waals surface area contributed by atoms with Gasteiger partial charge in [-0.25, -0.2) is 0 Å². The van der Waals surface area contributed by atoms with E-state index >= 15 is 0 Å². The van der Waals surface area contributed by atoms with Gasteiger partial charge in [-0.05, 0) is 37.8 Å². The zero-order valence-electron chi connectivity index (χ0n) is 13.2. The van der Waals surface area contributed by atoms with Gasteiger partial charge in [0, 0.05) is 25.7 Å². The van der Waals surface area contributed by atoms with Gasteiger partial charge in [-0.3, -0.25) is 4.79 Å². The van der Waals surface area contributed by atoms with E-state index < -0.39 is 0 Å². The molecule has 2 rings (SSSR count). The summed E-state index contributed by atoms with van der Waals surface area (Å²) in [5, 5.41) is 3.16. The Kier molecular flexibility index (Phi) is 6.76. The Morgan fingerprint density at radius 1 is 1.30 bits per heavy atom. The molecule has 1 atom stereocenters. The van der Waals surface area contributed by atoms with Crippen molar-refractivity contribution in [3.8, 4) is 0 Å². The molecular formula is C15H30ClN3O. The maximum atomic E-state index is 12.0. The number of piperidine rings is 1. The predicted molar refractivity (Wildman–Crippen MR) is 85.4 cm³/mol. The van der Waals surface area contributed by atoms with Crippen molar-refractivity contribution >= 4 is 18.3 Å². The maximum Gasteiger partial charge on any atom is 0.236 e. The number of nitrogens with zero attached hydrogens (tertiary/aromatic N) is 2. The summed E-state index contributed by atoms with van der Waals surface area (Å²) >= 11 is 0. The number of likely N-dealkylation sites (tertiary alicyclic amines) is 1. The van der Waals surface area contributed by atoms with Crippen molar-refractivity contribution in [2.45, 2.75) is 46.1 Å². The number of piperazine rings is 1. The largest absolute Gasteiger partial charge is 0.336 e. The average molecular weight is 304 g/mol. The number of hydrogen-bond acceptors (Lipinski definition) is 3. The van der Waals surface area contributed by atoms with Crippen LogP contribution in [0.4, 0.5) is 0 Å². The molecule has 0 aromatic carbocycles. The van der Waals surface area contributed by atoms with E-state index in [1.807, 2.05) is 0 Å². The zero-order valence-corrected chi connectivity index (χ0v) is 14.0. The molecule has 2 aliphatic rings. The van der Waals surface area contributed by atoms with Crippen LogP contribution < -0.4 is 5.32 Å². The Morgan fingerprint density at radius 2 is 2.05 bits per heavy atom. The topological polar surface area (TPSA) is 35.6 Å². The van der Waals surface area contributed by atoms with Crippen molar-refractivity contribution in [2.75, 3.05) is 39.3 Å². The normalized spacial score (nSPS) is 25.4. The minimum Gasteiger partial charge on any atom is -0.336 e.